The highest BCUT2D eigenvalue weighted by molar-refractivity contribution is 9.10. The first kappa shape index (κ1) is 13.6. The maximum Gasteiger partial charge on any atom is 0.139 e. The van der Waals surface area contributed by atoms with E-state index in [0.717, 1.165) is 23.1 Å². The second-order valence-electron chi connectivity index (χ2n) is 3.39. The van der Waals surface area contributed by atoms with Crippen molar-refractivity contribution in [2.75, 3.05) is 19.7 Å². The van der Waals surface area contributed by atoms with Crippen LogP contribution in [0, 0.1) is 0 Å². The monoisotopic (exact) mass is 303 g/mol. The molecule has 0 aliphatic rings. The number of hydrogen-bond donors (Lipinski definition) is 1. The van der Waals surface area contributed by atoms with E-state index in [1.807, 2.05) is 12.1 Å². The van der Waals surface area contributed by atoms with E-state index < -0.39 is 0 Å². The fourth-order valence-corrected chi connectivity index (χ4v) is 1.63. The lowest BCUT2D eigenvalue weighted by Gasteiger charge is -2.10. The third kappa shape index (κ3) is 4.56. The van der Waals surface area contributed by atoms with Crippen LogP contribution in [-0.4, -0.2) is 19.7 Å². The van der Waals surface area contributed by atoms with Gasteiger partial charge >= 0.3 is 0 Å². The summed E-state index contributed by atoms with van der Waals surface area (Å²) in [7, 11) is 0. The van der Waals surface area contributed by atoms with E-state index >= 15 is 0 Å². The van der Waals surface area contributed by atoms with Gasteiger partial charge in [-0.15, -0.1) is 0 Å². The van der Waals surface area contributed by atoms with Gasteiger partial charge in [0.2, 0.25) is 0 Å². The molecule has 4 heteroatoms. The molecule has 1 rings (SSSR count). The third-order valence-corrected chi connectivity index (χ3v) is 2.76. The summed E-state index contributed by atoms with van der Waals surface area (Å²) in [5.41, 5.74) is 0.998. The van der Waals surface area contributed by atoms with Gasteiger partial charge in [-0.3, -0.25) is 0 Å². The normalized spacial score (nSPS) is 10.2. The summed E-state index contributed by atoms with van der Waals surface area (Å²) in [6.07, 6.45) is 0. The average Bonchev–Trinajstić information content (AvgIpc) is 2.27. The number of hydrogen-bond acceptors (Lipinski definition) is 2. The quantitative estimate of drug-likeness (QED) is 0.810. The molecule has 0 bridgehead atoms. The van der Waals surface area contributed by atoms with Crippen LogP contribution in [0.25, 0.3) is 0 Å². The summed E-state index contributed by atoms with van der Waals surface area (Å²) >= 11 is 9.36. The maximum absolute atomic E-state index is 5.99. The van der Waals surface area contributed by atoms with Gasteiger partial charge in [-0.05, 0) is 30.3 Å². The topological polar surface area (TPSA) is 21.3 Å². The Bertz CT molecular complexity index is 368. The molecule has 0 aromatic heterocycles. The Hall–Kier alpha value is -0.510. The summed E-state index contributed by atoms with van der Waals surface area (Å²) in [5, 5.41) is 3.80. The molecule has 0 radical (unpaired) electrons. The molecule has 0 aliphatic heterocycles. The largest absolute Gasteiger partial charge is 0.488 e. The lowest BCUT2D eigenvalue weighted by Crippen LogP contribution is -2.18. The van der Waals surface area contributed by atoms with Crippen LogP contribution in [0.3, 0.4) is 0 Å². The zero-order valence-electron chi connectivity index (χ0n) is 9.22. The zero-order chi connectivity index (χ0) is 12.0. The highest BCUT2D eigenvalue weighted by Gasteiger charge is 2.03. The van der Waals surface area contributed by atoms with Crippen molar-refractivity contribution in [2.24, 2.45) is 0 Å². The second kappa shape index (κ2) is 6.94. The van der Waals surface area contributed by atoms with Crippen molar-refractivity contribution >= 4 is 27.5 Å². The number of nitrogens with one attached hydrogen (secondary N) is 1. The van der Waals surface area contributed by atoms with Crippen LogP contribution in [0.5, 0.6) is 5.75 Å². The first-order valence-electron chi connectivity index (χ1n) is 5.08. The molecule has 2 nitrogen and oxygen atoms in total. The molecule has 1 aromatic rings. The zero-order valence-corrected chi connectivity index (χ0v) is 11.6. The van der Waals surface area contributed by atoms with Crippen molar-refractivity contribution in [1.82, 2.24) is 5.32 Å². The Kier molecular flexibility index (Phi) is 5.88. The Morgan fingerprint density at radius 2 is 2.31 bits per heavy atom. The van der Waals surface area contributed by atoms with E-state index in [4.69, 9.17) is 16.3 Å². The van der Waals surface area contributed by atoms with Crippen LogP contribution < -0.4 is 10.1 Å². The van der Waals surface area contributed by atoms with Gasteiger partial charge in [0.1, 0.15) is 12.4 Å². The van der Waals surface area contributed by atoms with Crippen molar-refractivity contribution in [2.45, 2.75) is 6.92 Å². The van der Waals surface area contributed by atoms with Crippen LogP contribution in [0.1, 0.15) is 6.92 Å². The van der Waals surface area contributed by atoms with Gasteiger partial charge in [-0.1, -0.05) is 41.0 Å². The lowest BCUT2D eigenvalue weighted by atomic mass is 10.3. The molecule has 0 spiro atoms. The molecule has 16 heavy (non-hydrogen) atoms. The lowest BCUT2D eigenvalue weighted by molar-refractivity contribution is 0.348. The van der Waals surface area contributed by atoms with E-state index in [1.165, 1.54) is 0 Å². The standard InChI is InChI=1S/C12H15BrClNO/c1-3-15-7-9(2)8-16-12-6-10(13)4-5-11(12)14/h4-6,15H,2-3,7-8H2,1H3. The summed E-state index contributed by atoms with van der Waals surface area (Å²) in [6.45, 7) is 8.14. The van der Waals surface area contributed by atoms with E-state index in [9.17, 15) is 0 Å². The van der Waals surface area contributed by atoms with E-state index in [1.54, 1.807) is 6.07 Å². The van der Waals surface area contributed by atoms with Crippen LogP contribution in [0.15, 0.2) is 34.8 Å². The molecular formula is C12H15BrClNO. The highest BCUT2D eigenvalue weighted by atomic mass is 79.9. The number of benzene rings is 1. The first-order valence-corrected chi connectivity index (χ1v) is 6.25. The maximum atomic E-state index is 5.99. The van der Waals surface area contributed by atoms with Gasteiger partial charge in [0.05, 0.1) is 5.02 Å². The van der Waals surface area contributed by atoms with Crippen LogP contribution in [-0.2, 0) is 0 Å². The predicted octanol–water partition coefficient (Wildman–Crippen LogP) is 3.65. The molecule has 1 N–H and O–H groups in total. The van der Waals surface area contributed by atoms with Gasteiger partial charge in [0.25, 0.3) is 0 Å². The molecule has 1 aromatic carbocycles. The molecule has 0 heterocycles. The molecule has 0 saturated heterocycles. The van der Waals surface area contributed by atoms with Crippen molar-refractivity contribution in [3.05, 3.63) is 39.8 Å². The molecule has 0 saturated carbocycles. The van der Waals surface area contributed by atoms with Gasteiger partial charge in [-0.25, -0.2) is 0 Å². The van der Waals surface area contributed by atoms with Gasteiger partial charge in [0.15, 0.2) is 0 Å². The van der Waals surface area contributed by atoms with Gasteiger partial charge in [-0.2, -0.15) is 0 Å². The van der Waals surface area contributed by atoms with Gasteiger partial charge < -0.3 is 10.1 Å². The van der Waals surface area contributed by atoms with Crippen molar-refractivity contribution < 1.29 is 4.74 Å². The van der Waals surface area contributed by atoms with Crippen LogP contribution >= 0.6 is 27.5 Å². The van der Waals surface area contributed by atoms with Crippen molar-refractivity contribution in [3.63, 3.8) is 0 Å². The van der Waals surface area contributed by atoms with Gasteiger partial charge in [0, 0.05) is 11.0 Å². The smallest absolute Gasteiger partial charge is 0.139 e. The fraction of sp³-hybridized carbons (Fsp3) is 0.333. The van der Waals surface area contributed by atoms with E-state index in [2.05, 4.69) is 34.7 Å². The minimum Gasteiger partial charge on any atom is -0.488 e. The number of rotatable bonds is 6. The molecular weight excluding hydrogens is 289 g/mol. The second-order valence-corrected chi connectivity index (χ2v) is 4.72. The molecule has 0 amide bonds. The Labute approximate surface area is 110 Å². The number of ether oxygens (including phenoxy) is 1. The Morgan fingerprint density at radius 3 is 3.00 bits per heavy atom. The predicted molar refractivity (Wildman–Crippen MR) is 72.3 cm³/mol. The highest BCUT2D eigenvalue weighted by Crippen LogP contribution is 2.28. The van der Waals surface area contributed by atoms with Crippen LogP contribution in [0.2, 0.25) is 5.02 Å². The fourth-order valence-electron chi connectivity index (χ4n) is 1.12. The summed E-state index contributed by atoms with van der Waals surface area (Å²) in [5.74, 6) is 0.675. The first-order chi connectivity index (χ1) is 7.63. The molecule has 88 valence electrons. The van der Waals surface area contributed by atoms with Crippen molar-refractivity contribution in [1.29, 1.82) is 0 Å². The average molecular weight is 305 g/mol. The van der Waals surface area contributed by atoms with E-state index in [0.29, 0.717) is 17.4 Å². The van der Waals surface area contributed by atoms with Crippen molar-refractivity contribution in [3.8, 4) is 5.75 Å². The number of likely N-dealkylation sites (N-methyl/N-ethyl adjacent to an activating group) is 1. The molecule has 0 atom stereocenters. The summed E-state index contributed by atoms with van der Waals surface area (Å²) in [6, 6.07) is 5.53. The minimum atomic E-state index is 0.475. The van der Waals surface area contributed by atoms with E-state index in [-0.39, 0.29) is 0 Å². The Balaban J connectivity index is 2.47. The van der Waals surface area contributed by atoms with Crippen LogP contribution in [0.4, 0.5) is 0 Å². The minimum absolute atomic E-state index is 0.475. The summed E-state index contributed by atoms with van der Waals surface area (Å²) < 4.78 is 6.52. The number of halogens is 2. The molecule has 0 unspecified atom stereocenters. The SMILES string of the molecule is C=C(CNCC)COc1cc(Br)ccc1Cl. The third-order valence-electron chi connectivity index (χ3n) is 1.95. The Morgan fingerprint density at radius 1 is 1.56 bits per heavy atom. The summed E-state index contributed by atoms with van der Waals surface area (Å²) in [4.78, 5) is 0. The molecule has 0 fully saturated rings. The molecule has 0 aliphatic carbocycles.